The SMILES string of the molecule is CN(Cc1cc(F)cc(Cl)c1N)C1CCCCC1. The molecular weight excluding hydrogens is 251 g/mol. The van der Waals surface area contributed by atoms with Gasteiger partial charge < -0.3 is 5.73 Å². The summed E-state index contributed by atoms with van der Waals surface area (Å²) in [5, 5.41) is 0.307. The number of benzene rings is 1. The normalized spacial score (nSPS) is 17.3. The molecule has 0 saturated heterocycles. The van der Waals surface area contributed by atoms with Crippen molar-refractivity contribution in [2.24, 2.45) is 0 Å². The van der Waals surface area contributed by atoms with E-state index < -0.39 is 0 Å². The first-order valence-corrected chi connectivity index (χ1v) is 6.89. The van der Waals surface area contributed by atoms with Crippen molar-refractivity contribution in [1.82, 2.24) is 4.90 Å². The minimum absolute atomic E-state index is 0.307. The first-order chi connectivity index (χ1) is 8.58. The average Bonchev–Trinajstić information content (AvgIpc) is 2.36. The Morgan fingerprint density at radius 1 is 1.33 bits per heavy atom. The summed E-state index contributed by atoms with van der Waals surface area (Å²) in [5.74, 6) is -0.318. The number of nitrogens with two attached hydrogens (primary N) is 1. The van der Waals surface area contributed by atoms with Crippen LogP contribution in [0.4, 0.5) is 10.1 Å². The lowest BCUT2D eigenvalue weighted by Gasteiger charge is -2.31. The van der Waals surface area contributed by atoms with Crippen LogP contribution in [-0.4, -0.2) is 18.0 Å². The molecule has 1 aromatic rings. The van der Waals surface area contributed by atoms with Crippen LogP contribution < -0.4 is 5.73 Å². The Morgan fingerprint density at radius 3 is 2.67 bits per heavy atom. The van der Waals surface area contributed by atoms with Gasteiger partial charge in [0, 0.05) is 12.6 Å². The second-order valence-electron chi connectivity index (χ2n) is 5.17. The molecule has 2 nitrogen and oxygen atoms in total. The number of nitrogen functional groups attached to an aromatic ring is 1. The Bertz CT molecular complexity index is 417. The van der Waals surface area contributed by atoms with Gasteiger partial charge in [-0.15, -0.1) is 0 Å². The summed E-state index contributed by atoms with van der Waals surface area (Å²) in [4.78, 5) is 2.26. The van der Waals surface area contributed by atoms with Crippen molar-refractivity contribution in [3.05, 3.63) is 28.5 Å². The molecule has 0 unspecified atom stereocenters. The average molecular weight is 271 g/mol. The van der Waals surface area contributed by atoms with Crippen LogP contribution in [0.25, 0.3) is 0 Å². The number of halogens is 2. The monoisotopic (exact) mass is 270 g/mol. The Kier molecular flexibility index (Phi) is 4.46. The van der Waals surface area contributed by atoms with Gasteiger partial charge in [-0.05, 0) is 37.6 Å². The third kappa shape index (κ3) is 3.15. The molecule has 0 amide bonds. The van der Waals surface area contributed by atoms with Crippen molar-refractivity contribution in [1.29, 1.82) is 0 Å². The molecule has 0 radical (unpaired) electrons. The van der Waals surface area contributed by atoms with Gasteiger partial charge in [0.1, 0.15) is 5.82 Å². The molecule has 0 spiro atoms. The third-order valence-electron chi connectivity index (χ3n) is 3.80. The molecule has 4 heteroatoms. The van der Waals surface area contributed by atoms with Crippen LogP contribution in [0.1, 0.15) is 37.7 Å². The highest BCUT2D eigenvalue weighted by Gasteiger charge is 2.19. The molecule has 0 aliphatic heterocycles. The molecule has 0 aromatic heterocycles. The molecule has 2 N–H and O–H groups in total. The van der Waals surface area contributed by atoms with Gasteiger partial charge in [-0.2, -0.15) is 0 Å². The molecule has 2 rings (SSSR count). The molecule has 18 heavy (non-hydrogen) atoms. The standard InChI is InChI=1S/C14H20ClFN2/c1-18(12-5-3-2-4-6-12)9-10-7-11(16)8-13(15)14(10)17/h7-8,12H,2-6,9,17H2,1H3. The number of hydrogen-bond donors (Lipinski definition) is 1. The van der Waals surface area contributed by atoms with Gasteiger partial charge in [-0.1, -0.05) is 30.9 Å². The van der Waals surface area contributed by atoms with Crippen LogP contribution in [0, 0.1) is 5.82 Å². The third-order valence-corrected chi connectivity index (χ3v) is 4.11. The molecule has 1 aromatic carbocycles. The van der Waals surface area contributed by atoms with Crippen LogP contribution in [-0.2, 0) is 6.54 Å². The maximum atomic E-state index is 13.3. The lowest BCUT2D eigenvalue weighted by molar-refractivity contribution is 0.184. The Hall–Kier alpha value is -0.800. The maximum Gasteiger partial charge on any atom is 0.125 e. The zero-order chi connectivity index (χ0) is 13.1. The van der Waals surface area contributed by atoms with Gasteiger partial charge in [0.25, 0.3) is 0 Å². The lowest BCUT2D eigenvalue weighted by atomic mass is 9.94. The lowest BCUT2D eigenvalue weighted by Crippen LogP contribution is -2.33. The summed E-state index contributed by atoms with van der Waals surface area (Å²) in [6.07, 6.45) is 6.35. The Balaban J connectivity index is 2.08. The number of anilines is 1. The van der Waals surface area contributed by atoms with E-state index in [1.807, 2.05) is 0 Å². The predicted octanol–water partition coefficient (Wildman–Crippen LogP) is 3.83. The minimum atomic E-state index is -0.318. The van der Waals surface area contributed by atoms with Gasteiger partial charge in [0.2, 0.25) is 0 Å². The molecular formula is C14H20ClFN2. The molecule has 100 valence electrons. The smallest absolute Gasteiger partial charge is 0.125 e. The molecule has 0 heterocycles. The van der Waals surface area contributed by atoms with Crippen LogP contribution in [0.2, 0.25) is 5.02 Å². The zero-order valence-electron chi connectivity index (χ0n) is 10.8. The largest absolute Gasteiger partial charge is 0.397 e. The van der Waals surface area contributed by atoms with Crippen LogP contribution >= 0.6 is 11.6 Å². The summed E-state index contributed by atoms with van der Waals surface area (Å²) >= 11 is 5.90. The van der Waals surface area contributed by atoms with E-state index in [0.29, 0.717) is 23.3 Å². The van der Waals surface area contributed by atoms with Crippen molar-refractivity contribution in [3.63, 3.8) is 0 Å². The first-order valence-electron chi connectivity index (χ1n) is 6.51. The molecule has 0 bridgehead atoms. The van der Waals surface area contributed by atoms with E-state index in [2.05, 4.69) is 11.9 Å². The second-order valence-corrected chi connectivity index (χ2v) is 5.57. The summed E-state index contributed by atoms with van der Waals surface area (Å²) in [6.45, 7) is 0.661. The highest BCUT2D eigenvalue weighted by molar-refractivity contribution is 6.33. The second kappa shape index (κ2) is 5.89. The van der Waals surface area contributed by atoms with E-state index >= 15 is 0 Å². The van der Waals surface area contributed by atoms with Crippen molar-refractivity contribution in [2.45, 2.75) is 44.7 Å². The van der Waals surface area contributed by atoms with Gasteiger partial charge in [-0.25, -0.2) is 4.39 Å². The fraction of sp³-hybridized carbons (Fsp3) is 0.571. The van der Waals surface area contributed by atoms with Crippen molar-refractivity contribution in [3.8, 4) is 0 Å². The fourth-order valence-corrected chi connectivity index (χ4v) is 2.91. The van der Waals surface area contributed by atoms with E-state index in [1.54, 1.807) is 0 Å². The highest BCUT2D eigenvalue weighted by Crippen LogP contribution is 2.28. The fourth-order valence-electron chi connectivity index (χ4n) is 2.69. The topological polar surface area (TPSA) is 29.3 Å². The van der Waals surface area contributed by atoms with Crippen molar-refractivity contribution >= 4 is 17.3 Å². The molecule has 1 fully saturated rings. The minimum Gasteiger partial charge on any atom is -0.397 e. The number of nitrogens with zero attached hydrogens (tertiary/aromatic N) is 1. The maximum absolute atomic E-state index is 13.3. The Morgan fingerprint density at radius 2 is 2.00 bits per heavy atom. The van der Waals surface area contributed by atoms with E-state index in [9.17, 15) is 4.39 Å². The van der Waals surface area contributed by atoms with Gasteiger partial charge in [0.15, 0.2) is 0 Å². The van der Waals surface area contributed by atoms with Crippen molar-refractivity contribution < 1.29 is 4.39 Å². The van der Waals surface area contributed by atoms with Crippen molar-refractivity contribution in [2.75, 3.05) is 12.8 Å². The zero-order valence-corrected chi connectivity index (χ0v) is 11.5. The first kappa shape index (κ1) is 13.6. The summed E-state index contributed by atoms with van der Waals surface area (Å²) in [7, 11) is 2.08. The quantitative estimate of drug-likeness (QED) is 0.846. The highest BCUT2D eigenvalue weighted by atomic mass is 35.5. The van der Waals surface area contributed by atoms with Gasteiger partial charge >= 0.3 is 0 Å². The summed E-state index contributed by atoms with van der Waals surface area (Å²) in [6, 6.07) is 3.34. The van der Waals surface area contributed by atoms with E-state index in [1.165, 1.54) is 44.2 Å². The molecule has 1 saturated carbocycles. The van der Waals surface area contributed by atoms with Gasteiger partial charge in [-0.3, -0.25) is 4.90 Å². The van der Waals surface area contributed by atoms with Gasteiger partial charge in [0.05, 0.1) is 10.7 Å². The van der Waals surface area contributed by atoms with Crippen LogP contribution in [0.15, 0.2) is 12.1 Å². The summed E-state index contributed by atoms with van der Waals surface area (Å²) in [5.41, 5.74) is 7.19. The molecule has 0 atom stereocenters. The molecule has 1 aliphatic carbocycles. The van der Waals surface area contributed by atoms with E-state index in [0.717, 1.165) is 5.56 Å². The number of rotatable bonds is 3. The van der Waals surface area contributed by atoms with Crippen LogP contribution in [0.5, 0.6) is 0 Å². The number of hydrogen-bond acceptors (Lipinski definition) is 2. The summed E-state index contributed by atoms with van der Waals surface area (Å²) < 4.78 is 13.3. The Labute approximate surface area is 113 Å². The van der Waals surface area contributed by atoms with E-state index in [-0.39, 0.29) is 5.82 Å². The van der Waals surface area contributed by atoms with Crippen LogP contribution in [0.3, 0.4) is 0 Å². The van der Waals surface area contributed by atoms with E-state index in [4.69, 9.17) is 17.3 Å². The predicted molar refractivity (Wildman–Crippen MR) is 74.2 cm³/mol. The molecule has 1 aliphatic rings.